The van der Waals surface area contributed by atoms with E-state index in [0.29, 0.717) is 18.7 Å². The van der Waals surface area contributed by atoms with Crippen LogP contribution in [0.4, 0.5) is 8.78 Å². The van der Waals surface area contributed by atoms with Crippen LogP contribution in [0.25, 0.3) is 0 Å². The van der Waals surface area contributed by atoms with Crippen molar-refractivity contribution < 1.29 is 8.78 Å². The van der Waals surface area contributed by atoms with Gasteiger partial charge in [-0.3, -0.25) is 4.68 Å². The summed E-state index contributed by atoms with van der Waals surface area (Å²) in [5, 5.41) is 6.94. The Morgan fingerprint density at radius 3 is 2.68 bits per heavy atom. The first kappa shape index (κ1) is 14.1. The van der Waals surface area contributed by atoms with Crippen LogP contribution in [0, 0.1) is 0 Å². The molecule has 0 bridgehead atoms. The molecule has 0 saturated heterocycles. The first-order chi connectivity index (χ1) is 9.13. The summed E-state index contributed by atoms with van der Waals surface area (Å²) in [6.07, 6.45) is -1.04. The number of nitrogens with one attached hydrogen (secondary N) is 1. The predicted octanol–water partition coefficient (Wildman–Crippen LogP) is 3.35. The van der Waals surface area contributed by atoms with Gasteiger partial charge in [-0.05, 0) is 18.7 Å². The fourth-order valence-electron chi connectivity index (χ4n) is 1.93. The number of halogens is 3. The van der Waals surface area contributed by atoms with Gasteiger partial charge < -0.3 is 5.32 Å². The third-order valence-electron chi connectivity index (χ3n) is 2.81. The smallest absolute Gasteiger partial charge is 0.280 e. The van der Waals surface area contributed by atoms with Crippen LogP contribution in [0.15, 0.2) is 34.9 Å². The average Bonchev–Trinajstić information content (AvgIpc) is 2.76. The van der Waals surface area contributed by atoms with E-state index in [-0.39, 0.29) is 5.69 Å². The summed E-state index contributed by atoms with van der Waals surface area (Å²) >= 11 is 3.41. The molecule has 0 amide bonds. The van der Waals surface area contributed by atoms with Gasteiger partial charge in [0.25, 0.3) is 6.43 Å². The van der Waals surface area contributed by atoms with E-state index >= 15 is 0 Å². The van der Waals surface area contributed by atoms with Crippen molar-refractivity contribution in [2.24, 2.45) is 0 Å². The van der Waals surface area contributed by atoms with Crippen LogP contribution in [0.3, 0.4) is 0 Å². The molecule has 0 spiro atoms. The zero-order valence-corrected chi connectivity index (χ0v) is 12.0. The highest BCUT2D eigenvalue weighted by Gasteiger charge is 2.19. The second-order valence-electron chi connectivity index (χ2n) is 4.14. The lowest BCUT2D eigenvalue weighted by atomic mass is 10.2. The summed E-state index contributed by atoms with van der Waals surface area (Å²) in [5.41, 5.74) is 1.43. The molecule has 0 unspecified atom stereocenters. The summed E-state index contributed by atoms with van der Waals surface area (Å²) in [6, 6.07) is 7.53. The molecule has 0 saturated carbocycles. The third-order valence-corrected chi connectivity index (χ3v) is 3.59. The van der Waals surface area contributed by atoms with Crippen molar-refractivity contribution in [3.8, 4) is 0 Å². The van der Waals surface area contributed by atoms with Gasteiger partial charge in [0.2, 0.25) is 0 Å². The molecule has 0 aliphatic carbocycles. The van der Waals surface area contributed by atoms with Gasteiger partial charge in [-0.15, -0.1) is 0 Å². The van der Waals surface area contributed by atoms with E-state index in [1.807, 2.05) is 24.3 Å². The van der Waals surface area contributed by atoms with E-state index in [2.05, 4.69) is 26.3 Å². The molecule has 1 aromatic heterocycles. The molecular formula is C13H14BrF2N3. The van der Waals surface area contributed by atoms with Crippen molar-refractivity contribution in [2.45, 2.75) is 19.5 Å². The number of alkyl halides is 2. The largest absolute Gasteiger partial charge is 0.316 e. The minimum absolute atomic E-state index is 0.0231. The molecule has 0 radical (unpaired) electrons. The summed E-state index contributed by atoms with van der Waals surface area (Å²) < 4.78 is 28.5. The molecule has 0 aliphatic heterocycles. The number of rotatable bonds is 5. The minimum Gasteiger partial charge on any atom is -0.316 e. The third kappa shape index (κ3) is 3.19. The van der Waals surface area contributed by atoms with Crippen molar-refractivity contribution >= 4 is 15.9 Å². The molecule has 1 N–H and O–H groups in total. The van der Waals surface area contributed by atoms with Crippen LogP contribution in [0.2, 0.25) is 0 Å². The number of hydrogen-bond acceptors (Lipinski definition) is 2. The van der Waals surface area contributed by atoms with Gasteiger partial charge in [-0.1, -0.05) is 34.1 Å². The molecule has 3 nitrogen and oxygen atoms in total. The predicted molar refractivity (Wildman–Crippen MR) is 73.2 cm³/mol. The fourth-order valence-corrected chi connectivity index (χ4v) is 2.34. The van der Waals surface area contributed by atoms with Crippen LogP contribution in [0.1, 0.15) is 23.2 Å². The number of hydrogen-bond donors (Lipinski definition) is 1. The van der Waals surface area contributed by atoms with Gasteiger partial charge >= 0.3 is 0 Å². The lowest BCUT2D eigenvalue weighted by Crippen LogP contribution is -2.11. The highest BCUT2D eigenvalue weighted by atomic mass is 79.9. The van der Waals surface area contributed by atoms with Gasteiger partial charge in [0, 0.05) is 16.6 Å². The molecule has 0 fully saturated rings. The van der Waals surface area contributed by atoms with Crippen LogP contribution in [0.5, 0.6) is 0 Å². The molecule has 1 aromatic carbocycles. The topological polar surface area (TPSA) is 29.9 Å². The quantitative estimate of drug-likeness (QED) is 0.911. The monoisotopic (exact) mass is 329 g/mol. The fraction of sp³-hybridized carbons (Fsp3) is 0.308. The Kier molecular flexibility index (Phi) is 4.66. The second-order valence-corrected chi connectivity index (χ2v) is 4.99. The zero-order valence-electron chi connectivity index (χ0n) is 10.4. The Hall–Kier alpha value is -1.27. The van der Waals surface area contributed by atoms with Gasteiger partial charge in [0.05, 0.1) is 12.7 Å². The first-order valence-corrected chi connectivity index (χ1v) is 6.63. The summed E-state index contributed by atoms with van der Waals surface area (Å²) in [5.74, 6) is 0. The summed E-state index contributed by atoms with van der Waals surface area (Å²) in [7, 11) is 1.72. The maximum absolute atomic E-state index is 13.1. The van der Waals surface area contributed by atoms with Gasteiger partial charge in [0.15, 0.2) is 0 Å². The van der Waals surface area contributed by atoms with Crippen molar-refractivity contribution in [2.75, 3.05) is 7.05 Å². The highest BCUT2D eigenvalue weighted by molar-refractivity contribution is 9.10. The van der Waals surface area contributed by atoms with Gasteiger partial charge in [0.1, 0.15) is 5.69 Å². The summed E-state index contributed by atoms with van der Waals surface area (Å²) in [4.78, 5) is 0. The second kappa shape index (κ2) is 6.25. The van der Waals surface area contributed by atoms with Crippen molar-refractivity contribution in [3.05, 3.63) is 51.8 Å². The zero-order chi connectivity index (χ0) is 13.8. The lowest BCUT2D eigenvalue weighted by Gasteiger charge is -2.10. The molecule has 6 heteroatoms. The molecule has 0 aliphatic rings. The van der Waals surface area contributed by atoms with E-state index < -0.39 is 6.43 Å². The molecule has 102 valence electrons. The van der Waals surface area contributed by atoms with E-state index in [4.69, 9.17) is 0 Å². The molecular weight excluding hydrogens is 316 g/mol. The van der Waals surface area contributed by atoms with Crippen LogP contribution >= 0.6 is 15.9 Å². The SMILES string of the molecule is CNCc1cnn(Cc2ccccc2Br)c1C(F)F. The Morgan fingerprint density at radius 1 is 1.32 bits per heavy atom. The van der Waals surface area contributed by atoms with Crippen LogP contribution in [-0.2, 0) is 13.1 Å². The first-order valence-electron chi connectivity index (χ1n) is 5.84. The standard InChI is InChI=1S/C13H14BrF2N3/c1-17-6-10-7-18-19(12(10)13(15)16)8-9-4-2-3-5-11(9)14/h2-5,7,13,17H,6,8H2,1H3. The molecule has 2 rings (SSSR count). The molecule has 1 heterocycles. The van der Waals surface area contributed by atoms with Crippen molar-refractivity contribution in [1.29, 1.82) is 0 Å². The number of benzene rings is 1. The molecule has 0 atom stereocenters. The van der Waals surface area contributed by atoms with Gasteiger partial charge in [-0.25, -0.2) is 8.78 Å². The lowest BCUT2D eigenvalue weighted by molar-refractivity contribution is 0.138. The molecule has 19 heavy (non-hydrogen) atoms. The number of nitrogens with zero attached hydrogens (tertiary/aromatic N) is 2. The van der Waals surface area contributed by atoms with Crippen LogP contribution in [-0.4, -0.2) is 16.8 Å². The van der Waals surface area contributed by atoms with E-state index in [9.17, 15) is 8.78 Å². The maximum Gasteiger partial charge on any atom is 0.280 e. The van der Waals surface area contributed by atoms with E-state index in [0.717, 1.165) is 10.0 Å². The van der Waals surface area contributed by atoms with Crippen LogP contribution < -0.4 is 5.32 Å². The Bertz CT molecular complexity index is 555. The minimum atomic E-state index is -2.53. The van der Waals surface area contributed by atoms with E-state index in [1.54, 1.807) is 7.05 Å². The normalized spacial score (nSPS) is 11.2. The average molecular weight is 330 g/mol. The highest BCUT2D eigenvalue weighted by Crippen LogP contribution is 2.25. The Balaban J connectivity index is 2.33. The Morgan fingerprint density at radius 2 is 2.05 bits per heavy atom. The Labute approximate surface area is 118 Å². The summed E-state index contributed by atoms with van der Waals surface area (Å²) in [6.45, 7) is 0.709. The maximum atomic E-state index is 13.1. The van der Waals surface area contributed by atoms with Crippen molar-refractivity contribution in [1.82, 2.24) is 15.1 Å². The number of aromatic nitrogens is 2. The van der Waals surface area contributed by atoms with Gasteiger partial charge in [-0.2, -0.15) is 5.10 Å². The van der Waals surface area contributed by atoms with Crippen molar-refractivity contribution in [3.63, 3.8) is 0 Å². The van der Waals surface area contributed by atoms with E-state index in [1.165, 1.54) is 10.9 Å². The molecule has 2 aromatic rings.